The van der Waals surface area contributed by atoms with Gasteiger partial charge in [0.25, 0.3) is 0 Å². The molecule has 30 heavy (non-hydrogen) atoms. The first-order valence-corrected chi connectivity index (χ1v) is 12.0. The predicted octanol–water partition coefficient (Wildman–Crippen LogP) is 3.57. The summed E-state index contributed by atoms with van der Waals surface area (Å²) >= 11 is 1.34. The lowest BCUT2D eigenvalue weighted by Crippen LogP contribution is -2.37. The van der Waals surface area contributed by atoms with Crippen molar-refractivity contribution < 1.29 is 13.2 Å². The first kappa shape index (κ1) is 24.3. The minimum atomic E-state index is -3.41. The van der Waals surface area contributed by atoms with E-state index in [1.165, 1.54) is 17.6 Å². The first-order valence-electron chi connectivity index (χ1n) is 9.25. The maximum atomic E-state index is 13.2. The summed E-state index contributed by atoms with van der Waals surface area (Å²) in [5, 5.41) is 0.524. The van der Waals surface area contributed by atoms with E-state index in [1.54, 1.807) is 17.0 Å². The van der Waals surface area contributed by atoms with Crippen LogP contribution in [0.25, 0.3) is 10.2 Å². The number of aryl methyl sites for hydroxylation is 1. The van der Waals surface area contributed by atoms with Gasteiger partial charge in [-0.3, -0.25) is 9.69 Å². The molecule has 0 fully saturated rings. The molecule has 0 spiro atoms. The summed E-state index contributed by atoms with van der Waals surface area (Å²) in [5.74, 6) is -0.0580. The van der Waals surface area contributed by atoms with Gasteiger partial charge < -0.3 is 4.90 Å². The van der Waals surface area contributed by atoms with Crippen molar-refractivity contribution in [2.24, 2.45) is 0 Å². The molecule has 6 nitrogen and oxygen atoms in total. The fraction of sp³-hybridized carbons (Fsp3) is 0.333. The molecule has 0 saturated heterocycles. The summed E-state index contributed by atoms with van der Waals surface area (Å²) < 4.78 is 25.0. The number of sulfone groups is 1. The molecule has 3 aromatic rings. The number of carbonyl (C=O) groups is 1. The van der Waals surface area contributed by atoms with Crippen molar-refractivity contribution in [1.82, 2.24) is 9.88 Å². The monoisotopic (exact) mass is 467 g/mol. The average Bonchev–Trinajstić information content (AvgIpc) is 3.04. The van der Waals surface area contributed by atoms with E-state index in [0.717, 1.165) is 15.8 Å². The highest BCUT2D eigenvalue weighted by atomic mass is 35.5. The predicted molar refractivity (Wildman–Crippen MR) is 126 cm³/mol. The van der Waals surface area contributed by atoms with E-state index >= 15 is 0 Å². The molecule has 2 aromatic carbocycles. The Kier molecular flexibility index (Phi) is 7.99. The molecular weight excluding hydrogens is 442 g/mol. The Bertz CT molecular complexity index is 1140. The molecule has 1 aromatic heterocycles. The van der Waals surface area contributed by atoms with E-state index in [0.29, 0.717) is 23.7 Å². The number of aromatic nitrogens is 1. The molecule has 1 heterocycles. The van der Waals surface area contributed by atoms with Crippen LogP contribution in [0.2, 0.25) is 0 Å². The van der Waals surface area contributed by atoms with Gasteiger partial charge in [0.2, 0.25) is 5.91 Å². The number of amides is 1. The van der Waals surface area contributed by atoms with Crippen LogP contribution in [0.5, 0.6) is 0 Å². The van der Waals surface area contributed by atoms with E-state index in [9.17, 15) is 13.2 Å². The van der Waals surface area contributed by atoms with Gasteiger partial charge in [-0.1, -0.05) is 47.2 Å². The number of halogens is 1. The van der Waals surface area contributed by atoms with Crippen LogP contribution >= 0.6 is 23.7 Å². The van der Waals surface area contributed by atoms with Gasteiger partial charge in [0.15, 0.2) is 15.0 Å². The number of para-hydroxylation sites is 1. The summed E-state index contributed by atoms with van der Waals surface area (Å²) in [6.45, 7) is 3.15. The van der Waals surface area contributed by atoms with E-state index in [2.05, 4.69) is 4.98 Å². The Morgan fingerprint density at radius 1 is 1.10 bits per heavy atom. The number of nitrogens with zero attached hydrogens (tertiary/aromatic N) is 3. The molecule has 0 saturated carbocycles. The minimum absolute atomic E-state index is 0. The third-order valence-electron chi connectivity index (χ3n) is 4.51. The normalized spacial score (nSPS) is 11.5. The number of hydrogen-bond acceptors (Lipinski definition) is 6. The van der Waals surface area contributed by atoms with Crippen molar-refractivity contribution in [3.8, 4) is 0 Å². The summed E-state index contributed by atoms with van der Waals surface area (Å²) in [7, 11) is 0.487. The number of fused-ring (bicyclic) bond motifs is 1. The van der Waals surface area contributed by atoms with Crippen molar-refractivity contribution in [2.45, 2.75) is 18.2 Å². The third-order valence-corrected chi connectivity index (χ3v) is 6.68. The van der Waals surface area contributed by atoms with Crippen LogP contribution < -0.4 is 4.90 Å². The standard InChI is InChI=1S/C21H25N3O3S2.ClH/c1-15-7-5-8-16(13-15)14-19(25)24(12-11-23(2)3)21-22-20-17(28-21)9-6-10-18(20)29(4,26)27;/h5-10,13H,11-12,14H2,1-4H3;1H. The lowest BCUT2D eigenvalue weighted by Gasteiger charge is -2.22. The van der Waals surface area contributed by atoms with E-state index in [-0.39, 0.29) is 29.6 Å². The third kappa shape index (κ3) is 5.78. The zero-order valence-electron chi connectivity index (χ0n) is 17.5. The van der Waals surface area contributed by atoms with Crippen LogP contribution in [0.1, 0.15) is 11.1 Å². The van der Waals surface area contributed by atoms with Crippen LogP contribution in [0.15, 0.2) is 47.4 Å². The van der Waals surface area contributed by atoms with Crippen molar-refractivity contribution in [3.63, 3.8) is 0 Å². The average molecular weight is 468 g/mol. The Morgan fingerprint density at radius 3 is 2.43 bits per heavy atom. The number of carbonyl (C=O) groups excluding carboxylic acids is 1. The SMILES string of the molecule is Cc1cccc(CC(=O)N(CCN(C)C)c2nc3c(S(C)(=O)=O)cccc3s2)c1.Cl. The number of likely N-dealkylation sites (N-methyl/N-ethyl adjacent to an activating group) is 1. The number of hydrogen-bond donors (Lipinski definition) is 0. The lowest BCUT2D eigenvalue weighted by molar-refractivity contribution is -0.118. The topological polar surface area (TPSA) is 70.6 Å². The second-order valence-corrected chi connectivity index (χ2v) is 10.4. The summed E-state index contributed by atoms with van der Waals surface area (Å²) in [4.78, 5) is 21.6. The molecule has 0 unspecified atom stereocenters. The zero-order chi connectivity index (χ0) is 21.2. The molecular formula is C21H26ClN3O3S2. The second-order valence-electron chi connectivity index (χ2n) is 7.39. The molecule has 0 atom stereocenters. The molecule has 0 N–H and O–H groups in total. The van der Waals surface area contributed by atoms with Gasteiger partial charge in [-0.25, -0.2) is 13.4 Å². The van der Waals surface area contributed by atoms with Gasteiger partial charge in [0.05, 0.1) is 16.0 Å². The molecule has 1 amide bonds. The minimum Gasteiger partial charge on any atom is -0.308 e. The van der Waals surface area contributed by atoms with Gasteiger partial charge >= 0.3 is 0 Å². The molecule has 0 radical (unpaired) electrons. The highest BCUT2D eigenvalue weighted by Crippen LogP contribution is 2.33. The summed E-state index contributed by atoms with van der Waals surface area (Å²) in [6, 6.07) is 13.0. The summed E-state index contributed by atoms with van der Waals surface area (Å²) in [5.41, 5.74) is 2.48. The summed E-state index contributed by atoms with van der Waals surface area (Å²) in [6.07, 6.45) is 1.44. The van der Waals surface area contributed by atoms with E-state index in [1.807, 2.05) is 56.3 Å². The Morgan fingerprint density at radius 2 is 1.80 bits per heavy atom. The van der Waals surface area contributed by atoms with Crippen molar-refractivity contribution in [1.29, 1.82) is 0 Å². The number of thiazole rings is 1. The fourth-order valence-electron chi connectivity index (χ4n) is 3.05. The van der Waals surface area contributed by atoms with Crippen LogP contribution in [0, 0.1) is 6.92 Å². The smallest absolute Gasteiger partial charge is 0.233 e. The van der Waals surface area contributed by atoms with Gasteiger partial charge in [-0.2, -0.15) is 0 Å². The number of benzene rings is 2. The number of anilines is 1. The lowest BCUT2D eigenvalue weighted by atomic mass is 10.1. The van der Waals surface area contributed by atoms with Crippen LogP contribution in [-0.2, 0) is 21.1 Å². The van der Waals surface area contributed by atoms with Gasteiger partial charge in [0, 0.05) is 19.3 Å². The molecule has 3 rings (SSSR count). The maximum Gasteiger partial charge on any atom is 0.233 e. The highest BCUT2D eigenvalue weighted by molar-refractivity contribution is 7.91. The zero-order valence-corrected chi connectivity index (χ0v) is 19.9. The Hall–Kier alpha value is -2.00. The Balaban J connectivity index is 0.00000320. The van der Waals surface area contributed by atoms with Gasteiger partial charge in [0.1, 0.15) is 5.52 Å². The van der Waals surface area contributed by atoms with Gasteiger partial charge in [-0.05, 0) is 38.7 Å². The molecule has 0 bridgehead atoms. The second kappa shape index (κ2) is 9.87. The van der Waals surface area contributed by atoms with Crippen LogP contribution in [0.4, 0.5) is 5.13 Å². The molecule has 9 heteroatoms. The van der Waals surface area contributed by atoms with E-state index < -0.39 is 9.84 Å². The van der Waals surface area contributed by atoms with Gasteiger partial charge in [-0.15, -0.1) is 12.4 Å². The number of rotatable bonds is 7. The molecule has 0 aliphatic heterocycles. The molecule has 0 aliphatic carbocycles. The largest absolute Gasteiger partial charge is 0.308 e. The quantitative estimate of drug-likeness (QED) is 0.531. The highest BCUT2D eigenvalue weighted by Gasteiger charge is 2.22. The fourth-order valence-corrected chi connectivity index (χ4v) is 4.98. The van der Waals surface area contributed by atoms with Crippen LogP contribution in [0.3, 0.4) is 0 Å². The first-order chi connectivity index (χ1) is 13.6. The van der Waals surface area contributed by atoms with Crippen molar-refractivity contribution in [2.75, 3.05) is 38.3 Å². The van der Waals surface area contributed by atoms with Crippen molar-refractivity contribution >= 4 is 54.8 Å². The molecule has 0 aliphatic rings. The van der Waals surface area contributed by atoms with Crippen molar-refractivity contribution in [3.05, 3.63) is 53.6 Å². The van der Waals surface area contributed by atoms with E-state index in [4.69, 9.17) is 0 Å². The van der Waals surface area contributed by atoms with Crippen LogP contribution in [-0.4, -0.2) is 57.6 Å². The molecule has 162 valence electrons. The Labute approximate surface area is 187 Å². The maximum absolute atomic E-state index is 13.2.